The fourth-order valence-electron chi connectivity index (χ4n) is 2.54. The van der Waals surface area contributed by atoms with Gasteiger partial charge in [0.1, 0.15) is 5.75 Å². The molecule has 1 aromatic heterocycles. The molecule has 100 valence electrons. The molecule has 2 heterocycles. The first-order valence-corrected chi connectivity index (χ1v) is 6.41. The summed E-state index contributed by atoms with van der Waals surface area (Å²) in [5, 5.41) is 0. The maximum Gasteiger partial charge on any atom is 0.128 e. The van der Waals surface area contributed by atoms with E-state index in [1.54, 1.807) is 7.11 Å². The second-order valence-corrected chi connectivity index (χ2v) is 5.20. The minimum Gasteiger partial charge on any atom is -0.496 e. The summed E-state index contributed by atoms with van der Waals surface area (Å²) in [7, 11) is 1.70. The van der Waals surface area contributed by atoms with Gasteiger partial charge in [0.05, 0.1) is 7.11 Å². The molecule has 0 amide bonds. The Kier molecular flexibility index (Phi) is 3.88. The van der Waals surface area contributed by atoms with Crippen molar-refractivity contribution in [1.29, 1.82) is 0 Å². The Balaban J connectivity index is 2.23. The summed E-state index contributed by atoms with van der Waals surface area (Å²) in [6.45, 7) is 5.56. The number of hydrogen-bond donors (Lipinski definition) is 1. The van der Waals surface area contributed by atoms with Gasteiger partial charge in [-0.15, -0.1) is 0 Å². The van der Waals surface area contributed by atoms with Gasteiger partial charge < -0.3 is 15.2 Å². The van der Waals surface area contributed by atoms with E-state index in [0.717, 1.165) is 55.0 Å². The molecule has 0 saturated carbocycles. The van der Waals surface area contributed by atoms with Crippen LogP contribution in [-0.2, 0) is 11.2 Å². The SMILES string of the molecule is COc1c(C)cnc(CC2(N)CCOCC2)c1C. The first kappa shape index (κ1) is 13.3. The predicted octanol–water partition coefficient (Wildman–Crippen LogP) is 1.76. The van der Waals surface area contributed by atoms with Gasteiger partial charge in [0.2, 0.25) is 0 Å². The Morgan fingerprint density at radius 1 is 1.39 bits per heavy atom. The fraction of sp³-hybridized carbons (Fsp3) is 0.643. The average Bonchev–Trinajstić information content (AvgIpc) is 2.34. The maximum absolute atomic E-state index is 6.43. The highest BCUT2D eigenvalue weighted by Gasteiger charge is 2.29. The predicted molar refractivity (Wildman–Crippen MR) is 70.9 cm³/mol. The zero-order chi connectivity index (χ0) is 13.2. The van der Waals surface area contributed by atoms with E-state index in [0.29, 0.717) is 0 Å². The van der Waals surface area contributed by atoms with E-state index in [9.17, 15) is 0 Å². The third-order valence-corrected chi connectivity index (χ3v) is 3.76. The number of rotatable bonds is 3. The van der Waals surface area contributed by atoms with Gasteiger partial charge in [-0.3, -0.25) is 4.98 Å². The molecule has 4 nitrogen and oxygen atoms in total. The van der Waals surface area contributed by atoms with Crippen molar-refractivity contribution in [2.45, 2.75) is 38.6 Å². The Hall–Kier alpha value is -1.13. The van der Waals surface area contributed by atoms with Crippen LogP contribution in [0.4, 0.5) is 0 Å². The number of methoxy groups -OCH3 is 1. The van der Waals surface area contributed by atoms with Gasteiger partial charge in [0, 0.05) is 48.2 Å². The van der Waals surface area contributed by atoms with Crippen LogP contribution in [-0.4, -0.2) is 30.8 Å². The summed E-state index contributed by atoms with van der Waals surface area (Å²) in [6, 6.07) is 0. The number of nitrogens with two attached hydrogens (primary N) is 1. The molecule has 0 aliphatic carbocycles. The summed E-state index contributed by atoms with van der Waals surface area (Å²) >= 11 is 0. The van der Waals surface area contributed by atoms with Crippen molar-refractivity contribution < 1.29 is 9.47 Å². The molecule has 2 N–H and O–H groups in total. The first-order chi connectivity index (χ1) is 8.56. The average molecular weight is 250 g/mol. The second kappa shape index (κ2) is 5.24. The minimum absolute atomic E-state index is 0.184. The number of aryl methyl sites for hydroxylation is 1. The molecular weight excluding hydrogens is 228 g/mol. The van der Waals surface area contributed by atoms with Crippen LogP contribution in [0.5, 0.6) is 5.75 Å². The Labute approximate surface area is 108 Å². The summed E-state index contributed by atoms with van der Waals surface area (Å²) in [5.74, 6) is 0.927. The van der Waals surface area contributed by atoms with Crippen molar-refractivity contribution in [3.63, 3.8) is 0 Å². The molecule has 1 aliphatic rings. The highest BCUT2D eigenvalue weighted by molar-refractivity contribution is 5.41. The van der Waals surface area contributed by atoms with E-state index >= 15 is 0 Å². The van der Waals surface area contributed by atoms with E-state index in [4.69, 9.17) is 15.2 Å². The highest BCUT2D eigenvalue weighted by atomic mass is 16.5. The first-order valence-electron chi connectivity index (χ1n) is 6.41. The largest absolute Gasteiger partial charge is 0.496 e. The van der Waals surface area contributed by atoms with Crippen molar-refractivity contribution >= 4 is 0 Å². The van der Waals surface area contributed by atoms with E-state index in [-0.39, 0.29) is 5.54 Å². The van der Waals surface area contributed by atoms with Crippen LogP contribution in [0.1, 0.15) is 29.7 Å². The number of nitrogens with zero attached hydrogens (tertiary/aromatic N) is 1. The Morgan fingerprint density at radius 2 is 2.06 bits per heavy atom. The van der Waals surface area contributed by atoms with E-state index < -0.39 is 0 Å². The standard InChI is InChI=1S/C14H22N2O2/c1-10-9-16-12(11(2)13(10)17-3)8-14(15)4-6-18-7-5-14/h9H,4-8,15H2,1-3H3. The molecule has 1 saturated heterocycles. The molecule has 1 fully saturated rings. The Morgan fingerprint density at radius 3 is 2.67 bits per heavy atom. The molecule has 0 spiro atoms. The normalized spacial score (nSPS) is 18.7. The molecule has 0 radical (unpaired) electrons. The summed E-state index contributed by atoms with van der Waals surface area (Å²) < 4.78 is 10.8. The van der Waals surface area contributed by atoms with Gasteiger partial charge >= 0.3 is 0 Å². The van der Waals surface area contributed by atoms with Crippen molar-refractivity contribution in [1.82, 2.24) is 4.98 Å². The van der Waals surface area contributed by atoms with E-state index in [1.807, 2.05) is 13.1 Å². The van der Waals surface area contributed by atoms with Gasteiger partial charge in [-0.25, -0.2) is 0 Å². The van der Waals surface area contributed by atoms with Crippen LogP contribution in [0, 0.1) is 13.8 Å². The third kappa shape index (κ3) is 2.65. The van der Waals surface area contributed by atoms with Crippen LogP contribution in [0.3, 0.4) is 0 Å². The van der Waals surface area contributed by atoms with Crippen molar-refractivity contribution in [2.24, 2.45) is 5.73 Å². The van der Waals surface area contributed by atoms with Crippen molar-refractivity contribution in [3.8, 4) is 5.75 Å². The monoisotopic (exact) mass is 250 g/mol. The third-order valence-electron chi connectivity index (χ3n) is 3.76. The van der Waals surface area contributed by atoms with Crippen LogP contribution in [0.25, 0.3) is 0 Å². The molecule has 18 heavy (non-hydrogen) atoms. The molecule has 0 atom stereocenters. The van der Waals surface area contributed by atoms with Crippen LogP contribution >= 0.6 is 0 Å². The molecule has 0 aromatic carbocycles. The van der Waals surface area contributed by atoms with Gasteiger partial charge in [-0.2, -0.15) is 0 Å². The zero-order valence-electron chi connectivity index (χ0n) is 11.5. The van der Waals surface area contributed by atoms with Crippen molar-refractivity contribution in [3.05, 3.63) is 23.0 Å². The lowest BCUT2D eigenvalue weighted by Crippen LogP contribution is -2.47. The van der Waals surface area contributed by atoms with Crippen molar-refractivity contribution in [2.75, 3.05) is 20.3 Å². The summed E-state index contributed by atoms with van der Waals surface area (Å²) in [5.41, 5.74) is 9.46. The molecule has 0 unspecified atom stereocenters. The molecular formula is C14H22N2O2. The molecule has 1 aliphatic heterocycles. The lowest BCUT2D eigenvalue weighted by Gasteiger charge is -2.33. The summed E-state index contributed by atoms with van der Waals surface area (Å²) in [4.78, 5) is 4.52. The number of pyridine rings is 1. The Bertz CT molecular complexity index is 426. The van der Waals surface area contributed by atoms with E-state index in [1.165, 1.54) is 0 Å². The smallest absolute Gasteiger partial charge is 0.128 e. The zero-order valence-corrected chi connectivity index (χ0v) is 11.5. The van der Waals surface area contributed by atoms with Gasteiger partial charge in [-0.1, -0.05) is 0 Å². The van der Waals surface area contributed by atoms with Crippen LogP contribution in [0.2, 0.25) is 0 Å². The van der Waals surface area contributed by atoms with Crippen LogP contribution in [0.15, 0.2) is 6.20 Å². The van der Waals surface area contributed by atoms with Gasteiger partial charge in [0.25, 0.3) is 0 Å². The number of aromatic nitrogens is 1. The molecule has 4 heteroatoms. The molecule has 1 aromatic rings. The lowest BCUT2D eigenvalue weighted by molar-refractivity contribution is 0.0529. The quantitative estimate of drug-likeness (QED) is 0.888. The van der Waals surface area contributed by atoms with Crippen LogP contribution < -0.4 is 10.5 Å². The minimum atomic E-state index is -0.184. The topological polar surface area (TPSA) is 57.4 Å². The highest BCUT2D eigenvalue weighted by Crippen LogP contribution is 2.28. The summed E-state index contributed by atoms with van der Waals surface area (Å²) in [6.07, 6.45) is 4.44. The number of hydrogen-bond acceptors (Lipinski definition) is 4. The lowest BCUT2D eigenvalue weighted by atomic mass is 9.85. The molecule has 0 bridgehead atoms. The maximum atomic E-state index is 6.43. The second-order valence-electron chi connectivity index (χ2n) is 5.20. The van der Waals surface area contributed by atoms with Gasteiger partial charge in [-0.05, 0) is 26.7 Å². The van der Waals surface area contributed by atoms with E-state index in [2.05, 4.69) is 11.9 Å². The fourth-order valence-corrected chi connectivity index (χ4v) is 2.54. The molecule has 2 rings (SSSR count). The number of ether oxygens (including phenoxy) is 2. The van der Waals surface area contributed by atoms with Gasteiger partial charge in [0.15, 0.2) is 0 Å².